The van der Waals surface area contributed by atoms with Crippen LogP contribution in [0.5, 0.6) is 0 Å². The molecule has 0 saturated carbocycles. The van der Waals surface area contributed by atoms with Crippen molar-refractivity contribution in [1.82, 2.24) is 20.6 Å². The van der Waals surface area contributed by atoms with E-state index in [0.29, 0.717) is 35.6 Å². The molecule has 2 N–H and O–H groups in total. The van der Waals surface area contributed by atoms with Gasteiger partial charge in [-0.25, -0.2) is 14.8 Å². The molecule has 0 fully saturated rings. The fraction of sp³-hybridized carbons (Fsp3) is 0.364. The Morgan fingerprint density at radius 2 is 1.97 bits per heavy atom. The Morgan fingerprint density at radius 3 is 2.62 bits per heavy atom. The van der Waals surface area contributed by atoms with E-state index in [-0.39, 0.29) is 36.0 Å². The molecule has 2 aromatic heterocycles. The Kier molecular flexibility index (Phi) is 9.63. The average molecular weight is 569 g/mol. The summed E-state index contributed by atoms with van der Waals surface area (Å²) >= 11 is 1.33. The molecule has 0 amide bonds. The number of halogens is 1. The topological polar surface area (TPSA) is 102 Å². The van der Waals surface area contributed by atoms with Crippen LogP contribution in [0.4, 0.5) is 0 Å². The van der Waals surface area contributed by atoms with Gasteiger partial charge in [0.2, 0.25) is 5.89 Å². The van der Waals surface area contributed by atoms with Gasteiger partial charge in [0.1, 0.15) is 16.1 Å². The van der Waals surface area contributed by atoms with Crippen LogP contribution in [0, 0.1) is 13.8 Å². The van der Waals surface area contributed by atoms with Gasteiger partial charge < -0.3 is 19.8 Å². The number of hydrogen-bond donors (Lipinski definition) is 2. The second-order valence-corrected chi connectivity index (χ2v) is 8.02. The highest BCUT2D eigenvalue weighted by Gasteiger charge is 2.20. The van der Waals surface area contributed by atoms with Crippen molar-refractivity contribution in [2.45, 2.75) is 40.3 Å². The minimum absolute atomic E-state index is 0. The van der Waals surface area contributed by atoms with E-state index >= 15 is 0 Å². The van der Waals surface area contributed by atoms with Gasteiger partial charge in [0, 0.05) is 12.6 Å². The molecule has 0 aliphatic heterocycles. The summed E-state index contributed by atoms with van der Waals surface area (Å²) in [6.07, 6.45) is 1.63. The Balaban J connectivity index is 0.00000363. The number of aryl methyl sites for hydroxylation is 2. The molecule has 1 unspecified atom stereocenters. The lowest BCUT2D eigenvalue weighted by Gasteiger charge is -2.15. The van der Waals surface area contributed by atoms with Crippen LogP contribution in [0.15, 0.2) is 39.9 Å². The highest BCUT2D eigenvalue weighted by Crippen LogP contribution is 2.24. The van der Waals surface area contributed by atoms with Gasteiger partial charge in [0.25, 0.3) is 0 Å². The Morgan fingerprint density at radius 1 is 1.25 bits per heavy atom. The molecule has 0 aliphatic rings. The third-order valence-electron chi connectivity index (χ3n) is 4.51. The number of nitrogens with zero attached hydrogens (tertiary/aromatic N) is 3. The van der Waals surface area contributed by atoms with Gasteiger partial charge in [-0.1, -0.05) is 17.7 Å². The smallest absolute Gasteiger partial charge is 0.350 e. The van der Waals surface area contributed by atoms with Crippen LogP contribution in [0.1, 0.15) is 51.5 Å². The van der Waals surface area contributed by atoms with E-state index in [1.807, 2.05) is 45.0 Å². The fourth-order valence-corrected chi connectivity index (χ4v) is 3.80. The van der Waals surface area contributed by atoms with Gasteiger partial charge in [-0.15, -0.1) is 35.3 Å². The standard InChI is InChI=1S/C22H27N5O3S.HI/c1-6-29-21(28)18-14(3)25-20(31-18)15(4)26-22(23-5)24-11-17-12-30-19(27-17)16-9-7-13(2)8-10-16;/h7-10,12,15H,6,11H2,1-5H3,(H2,23,24,26);1H. The summed E-state index contributed by atoms with van der Waals surface area (Å²) in [5.41, 5.74) is 3.55. The molecule has 1 aromatic carbocycles. The maximum atomic E-state index is 12.0. The number of aliphatic imine (C=N–C) groups is 1. The van der Waals surface area contributed by atoms with Crippen molar-refractivity contribution in [3.63, 3.8) is 0 Å². The molecule has 1 atom stereocenters. The normalized spacial score (nSPS) is 12.1. The van der Waals surface area contributed by atoms with Crippen molar-refractivity contribution in [1.29, 1.82) is 0 Å². The number of carbonyl (C=O) groups excluding carboxylic acids is 1. The van der Waals surface area contributed by atoms with E-state index in [9.17, 15) is 4.79 Å². The van der Waals surface area contributed by atoms with Crippen molar-refractivity contribution in [2.75, 3.05) is 13.7 Å². The molecule has 0 saturated heterocycles. The number of benzene rings is 1. The predicted octanol–water partition coefficient (Wildman–Crippen LogP) is 4.64. The molecule has 0 aliphatic carbocycles. The van der Waals surface area contributed by atoms with Crippen LogP contribution in [-0.4, -0.2) is 35.6 Å². The Bertz CT molecular complexity index is 1060. The molecule has 8 nitrogen and oxygen atoms in total. The van der Waals surface area contributed by atoms with Crippen LogP contribution in [-0.2, 0) is 11.3 Å². The van der Waals surface area contributed by atoms with Gasteiger partial charge in [0.15, 0.2) is 5.96 Å². The number of esters is 1. The van der Waals surface area contributed by atoms with Crippen LogP contribution < -0.4 is 10.6 Å². The van der Waals surface area contributed by atoms with E-state index < -0.39 is 0 Å². The highest BCUT2D eigenvalue weighted by molar-refractivity contribution is 14.0. The number of ether oxygens (including phenoxy) is 1. The largest absolute Gasteiger partial charge is 0.462 e. The molecular weight excluding hydrogens is 541 g/mol. The van der Waals surface area contributed by atoms with Gasteiger partial charge >= 0.3 is 5.97 Å². The van der Waals surface area contributed by atoms with E-state index in [1.54, 1.807) is 20.2 Å². The minimum Gasteiger partial charge on any atom is -0.462 e. The quantitative estimate of drug-likeness (QED) is 0.185. The number of guanidine groups is 1. The van der Waals surface area contributed by atoms with Gasteiger partial charge in [0.05, 0.1) is 30.6 Å². The number of nitrogens with one attached hydrogen (secondary N) is 2. The van der Waals surface area contributed by atoms with Crippen molar-refractivity contribution in [3.8, 4) is 11.5 Å². The van der Waals surface area contributed by atoms with E-state index in [4.69, 9.17) is 9.15 Å². The third kappa shape index (κ3) is 6.52. The first-order valence-corrected chi connectivity index (χ1v) is 10.9. The first-order valence-electron chi connectivity index (χ1n) is 10.0. The molecule has 32 heavy (non-hydrogen) atoms. The van der Waals surface area contributed by atoms with Crippen molar-refractivity contribution in [3.05, 3.63) is 57.4 Å². The van der Waals surface area contributed by atoms with Crippen molar-refractivity contribution in [2.24, 2.45) is 4.99 Å². The number of carbonyl (C=O) groups is 1. The first kappa shape index (κ1) is 25.8. The molecule has 0 radical (unpaired) electrons. The summed E-state index contributed by atoms with van der Waals surface area (Å²) in [6.45, 7) is 8.39. The molecular formula is C22H28IN5O3S. The zero-order valence-corrected chi connectivity index (χ0v) is 21.9. The van der Waals surface area contributed by atoms with Crippen molar-refractivity contribution >= 4 is 47.2 Å². The van der Waals surface area contributed by atoms with Crippen LogP contribution in [0.2, 0.25) is 0 Å². The van der Waals surface area contributed by atoms with Gasteiger partial charge in [-0.3, -0.25) is 4.99 Å². The minimum atomic E-state index is -0.339. The fourth-order valence-electron chi connectivity index (χ4n) is 2.84. The lowest BCUT2D eigenvalue weighted by atomic mass is 10.1. The molecule has 3 rings (SSSR count). The summed E-state index contributed by atoms with van der Waals surface area (Å²) < 4.78 is 10.7. The molecule has 3 aromatic rings. The molecule has 0 spiro atoms. The van der Waals surface area contributed by atoms with Crippen molar-refractivity contribution < 1.29 is 13.9 Å². The summed E-state index contributed by atoms with van der Waals surface area (Å²) in [5.74, 6) is 0.838. The van der Waals surface area contributed by atoms with Gasteiger partial charge in [-0.2, -0.15) is 0 Å². The first-order chi connectivity index (χ1) is 14.9. The Labute approximate surface area is 208 Å². The summed E-state index contributed by atoms with van der Waals surface area (Å²) in [4.78, 5) is 25.9. The Hall–Kier alpha value is -2.47. The number of rotatable bonds is 7. The van der Waals surface area contributed by atoms with Crippen LogP contribution >= 0.6 is 35.3 Å². The SMILES string of the molecule is CCOC(=O)c1sc(C(C)NC(=NC)NCc2coc(-c3ccc(C)cc3)n2)nc1C.I. The van der Waals surface area contributed by atoms with E-state index in [2.05, 4.69) is 25.6 Å². The second-order valence-electron chi connectivity index (χ2n) is 6.99. The lowest BCUT2D eigenvalue weighted by Crippen LogP contribution is -2.38. The molecule has 172 valence electrons. The third-order valence-corrected chi connectivity index (χ3v) is 5.83. The summed E-state index contributed by atoms with van der Waals surface area (Å²) in [7, 11) is 1.69. The lowest BCUT2D eigenvalue weighted by molar-refractivity contribution is 0.0531. The molecule has 2 heterocycles. The summed E-state index contributed by atoms with van der Waals surface area (Å²) in [6, 6.07) is 7.89. The van der Waals surface area contributed by atoms with Gasteiger partial charge in [-0.05, 0) is 39.8 Å². The average Bonchev–Trinajstić information content (AvgIpc) is 3.38. The van der Waals surface area contributed by atoms with E-state index in [1.165, 1.54) is 16.9 Å². The zero-order valence-electron chi connectivity index (χ0n) is 18.8. The monoisotopic (exact) mass is 569 g/mol. The zero-order chi connectivity index (χ0) is 22.4. The van der Waals surface area contributed by atoms with E-state index in [0.717, 1.165) is 16.3 Å². The summed E-state index contributed by atoms with van der Waals surface area (Å²) in [5, 5.41) is 7.30. The maximum Gasteiger partial charge on any atom is 0.350 e. The number of oxazole rings is 1. The molecule has 0 bridgehead atoms. The number of hydrogen-bond acceptors (Lipinski definition) is 7. The second kappa shape index (κ2) is 12.0. The number of thiazole rings is 1. The van der Waals surface area contributed by atoms with Crippen LogP contribution in [0.25, 0.3) is 11.5 Å². The highest BCUT2D eigenvalue weighted by atomic mass is 127. The van der Waals surface area contributed by atoms with Crippen LogP contribution in [0.3, 0.4) is 0 Å². The maximum absolute atomic E-state index is 12.0. The number of aromatic nitrogens is 2. The molecule has 10 heteroatoms. The predicted molar refractivity (Wildman–Crippen MR) is 137 cm³/mol.